The zero-order valence-electron chi connectivity index (χ0n) is 9.51. The van der Waals surface area contributed by atoms with Crippen LogP contribution in [0.5, 0.6) is 0 Å². The summed E-state index contributed by atoms with van der Waals surface area (Å²) in [6.07, 6.45) is 0.540. The van der Waals surface area contributed by atoms with E-state index in [1.54, 1.807) is 18.2 Å². The zero-order valence-corrected chi connectivity index (χ0v) is 11.0. The van der Waals surface area contributed by atoms with E-state index in [0.29, 0.717) is 33.7 Å². The van der Waals surface area contributed by atoms with E-state index in [2.05, 4.69) is 10.1 Å². The number of carboxylic acids is 1. The Morgan fingerprint density at radius 2 is 2.16 bits per heavy atom. The van der Waals surface area contributed by atoms with Gasteiger partial charge >= 0.3 is 5.97 Å². The van der Waals surface area contributed by atoms with Gasteiger partial charge in [0.2, 0.25) is 11.7 Å². The molecule has 1 N–H and O–H groups in total. The van der Waals surface area contributed by atoms with Gasteiger partial charge in [-0.25, -0.2) is 0 Å². The molecule has 7 heteroatoms. The summed E-state index contributed by atoms with van der Waals surface area (Å²) in [5.74, 6) is -0.694. The third-order valence-corrected chi connectivity index (χ3v) is 3.78. The quantitative estimate of drug-likeness (QED) is 0.941. The van der Waals surface area contributed by atoms with Crippen LogP contribution in [-0.4, -0.2) is 21.2 Å². The van der Waals surface area contributed by atoms with Crippen LogP contribution in [0.15, 0.2) is 22.7 Å². The molecule has 1 fully saturated rings. The van der Waals surface area contributed by atoms with E-state index in [1.807, 2.05) is 0 Å². The Labute approximate surface area is 118 Å². The Morgan fingerprint density at radius 1 is 1.37 bits per heavy atom. The molecule has 2 aromatic rings. The molecule has 1 aliphatic rings. The van der Waals surface area contributed by atoms with Gasteiger partial charge < -0.3 is 9.63 Å². The average molecular weight is 299 g/mol. The van der Waals surface area contributed by atoms with Gasteiger partial charge in [-0.15, -0.1) is 0 Å². The van der Waals surface area contributed by atoms with Gasteiger partial charge in [-0.3, -0.25) is 4.79 Å². The summed E-state index contributed by atoms with van der Waals surface area (Å²) in [5.41, 5.74) is 0.678. The molecule has 1 saturated carbocycles. The van der Waals surface area contributed by atoms with E-state index in [9.17, 15) is 4.79 Å². The minimum Gasteiger partial charge on any atom is -0.481 e. The number of hydrogen-bond acceptors (Lipinski definition) is 4. The molecule has 5 nitrogen and oxygen atoms in total. The van der Waals surface area contributed by atoms with Crippen molar-refractivity contribution in [3.63, 3.8) is 0 Å². The predicted molar refractivity (Wildman–Crippen MR) is 68.2 cm³/mol. The molecule has 0 saturated heterocycles. The molecule has 0 amide bonds. The van der Waals surface area contributed by atoms with Gasteiger partial charge in [0.25, 0.3) is 0 Å². The molecule has 98 valence electrons. The number of hydrogen-bond donors (Lipinski definition) is 1. The molecule has 19 heavy (non-hydrogen) atoms. The lowest BCUT2D eigenvalue weighted by Crippen LogP contribution is -1.98. The van der Waals surface area contributed by atoms with Crippen molar-refractivity contribution in [2.75, 3.05) is 0 Å². The van der Waals surface area contributed by atoms with E-state index in [0.717, 1.165) is 0 Å². The van der Waals surface area contributed by atoms with Gasteiger partial charge in [0, 0.05) is 5.56 Å². The smallest absolute Gasteiger partial charge is 0.307 e. The van der Waals surface area contributed by atoms with E-state index < -0.39 is 11.9 Å². The van der Waals surface area contributed by atoms with E-state index >= 15 is 0 Å². The molecule has 3 rings (SSSR count). The highest BCUT2D eigenvalue weighted by atomic mass is 35.5. The van der Waals surface area contributed by atoms with Crippen molar-refractivity contribution in [3.8, 4) is 11.4 Å². The Bertz CT molecular complexity index is 656. The van der Waals surface area contributed by atoms with Crippen molar-refractivity contribution in [1.29, 1.82) is 0 Å². The van der Waals surface area contributed by atoms with Crippen LogP contribution in [0.3, 0.4) is 0 Å². The molecule has 1 aliphatic carbocycles. The molecule has 1 heterocycles. The van der Waals surface area contributed by atoms with E-state index in [1.165, 1.54) is 0 Å². The Hall–Kier alpha value is -1.59. The summed E-state index contributed by atoms with van der Waals surface area (Å²) < 4.78 is 5.09. The van der Waals surface area contributed by atoms with Gasteiger partial charge in [-0.1, -0.05) is 28.4 Å². The van der Waals surface area contributed by atoms with Crippen molar-refractivity contribution in [2.24, 2.45) is 5.92 Å². The molecular weight excluding hydrogens is 291 g/mol. The number of rotatable bonds is 3. The van der Waals surface area contributed by atoms with Gasteiger partial charge in [0.05, 0.1) is 21.9 Å². The normalized spacial score (nSPS) is 21.4. The first-order valence-corrected chi connectivity index (χ1v) is 6.33. The third kappa shape index (κ3) is 2.31. The summed E-state index contributed by atoms with van der Waals surface area (Å²) in [6, 6.07) is 5.01. The fourth-order valence-electron chi connectivity index (χ4n) is 1.88. The van der Waals surface area contributed by atoms with Gasteiger partial charge in [0.15, 0.2) is 0 Å². The zero-order chi connectivity index (χ0) is 13.6. The Balaban J connectivity index is 1.85. The van der Waals surface area contributed by atoms with E-state index in [-0.39, 0.29) is 5.92 Å². The summed E-state index contributed by atoms with van der Waals surface area (Å²) in [4.78, 5) is 15.0. The van der Waals surface area contributed by atoms with Gasteiger partial charge in [-0.2, -0.15) is 4.98 Å². The maximum atomic E-state index is 10.8. The van der Waals surface area contributed by atoms with Crippen LogP contribution in [0, 0.1) is 5.92 Å². The summed E-state index contributed by atoms with van der Waals surface area (Å²) in [5, 5.41) is 13.5. The van der Waals surface area contributed by atoms with Crippen LogP contribution in [0.1, 0.15) is 18.2 Å². The van der Waals surface area contributed by atoms with Crippen molar-refractivity contribution < 1.29 is 14.4 Å². The monoisotopic (exact) mass is 298 g/mol. The van der Waals surface area contributed by atoms with Crippen molar-refractivity contribution in [3.05, 3.63) is 34.1 Å². The molecule has 1 aromatic heterocycles. The second kappa shape index (κ2) is 4.51. The largest absolute Gasteiger partial charge is 0.481 e. The Morgan fingerprint density at radius 3 is 2.79 bits per heavy atom. The lowest BCUT2D eigenvalue weighted by molar-refractivity contribution is -0.138. The SMILES string of the molecule is O=C(O)C1CC1c1nc(-c2ccc(Cl)c(Cl)c2)no1. The molecule has 0 spiro atoms. The number of carbonyl (C=O) groups is 1. The van der Waals surface area contributed by atoms with Gasteiger partial charge in [-0.05, 0) is 24.6 Å². The highest BCUT2D eigenvalue weighted by Gasteiger charge is 2.48. The second-order valence-corrected chi connectivity index (χ2v) is 5.19. The lowest BCUT2D eigenvalue weighted by atomic mass is 10.2. The van der Waals surface area contributed by atoms with Crippen LogP contribution >= 0.6 is 23.2 Å². The third-order valence-electron chi connectivity index (χ3n) is 3.04. The number of benzene rings is 1. The topological polar surface area (TPSA) is 76.2 Å². The first-order chi connectivity index (χ1) is 9.06. The Kier molecular flexibility index (Phi) is 2.95. The standard InChI is InChI=1S/C12H8Cl2N2O3/c13-8-2-1-5(3-9(8)14)10-15-11(19-16-10)6-4-7(6)12(17)18/h1-3,6-7H,4H2,(H,17,18). The van der Waals surface area contributed by atoms with Crippen LogP contribution in [0.2, 0.25) is 10.0 Å². The first kappa shape index (κ1) is 12.4. The minimum atomic E-state index is -0.834. The number of aromatic nitrogens is 2. The van der Waals surface area contributed by atoms with E-state index in [4.69, 9.17) is 32.8 Å². The molecular formula is C12H8Cl2N2O3. The van der Waals surface area contributed by atoms with Crippen LogP contribution in [-0.2, 0) is 4.79 Å². The maximum absolute atomic E-state index is 10.8. The predicted octanol–water partition coefficient (Wildman–Crippen LogP) is 3.23. The summed E-state index contributed by atoms with van der Waals surface area (Å²) >= 11 is 11.7. The lowest BCUT2D eigenvalue weighted by Gasteiger charge is -1.97. The molecule has 0 bridgehead atoms. The molecule has 0 radical (unpaired) electrons. The van der Waals surface area contributed by atoms with Crippen molar-refractivity contribution in [1.82, 2.24) is 10.1 Å². The molecule has 2 atom stereocenters. The highest BCUT2D eigenvalue weighted by Crippen LogP contribution is 2.47. The van der Waals surface area contributed by atoms with Crippen molar-refractivity contribution >= 4 is 29.2 Å². The fourth-order valence-corrected chi connectivity index (χ4v) is 2.18. The second-order valence-electron chi connectivity index (χ2n) is 4.37. The average Bonchev–Trinajstić information content (AvgIpc) is 3.04. The van der Waals surface area contributed by atoms with Crippen LogP contribution in [0.4, 0.5) is 0 Å². The summed E-state index contributed by atoms with van der Waals surface area (Å²) in [6.45, 7) is 0. The summed E-state index contributed by atoms with van der Waals surface area (Å²) in [7, 11) is 0. The molecule has 1 aromatic carbocycles. The highest BCUT2D eigenvalue weighted by molar-refractivity contribution is 6.42. The molecule has 2 unspecified atom stereocenters. The van der Waals surface area contributed by atoms with Gasteiger partial charge in [0.1, 0.15) is 0 Å². The van der Waals surface area contributed by atoms with Crippen molar-refractivity contribution in [2.45, 2.75) is 12.3 Å². The number of halogens is 2. The molecule has 0 aliphatic heterocycles. The minimum absolute atomic E-state index is 0.179. The maximum Gasteiger partial charge on any atom is 0.307 e. The van der Waals surface area contributed by atoms with Crippen LogP contribution in [0.25, 0.3) is 11.4 Å². The first-order valence-electron chi connectivity index (χ1n) is 5.58. The fraction of sp³-hybridized carbons (Fsp3) is 0.250. The number of aliphatic carboxylic acids is 1. The number of carboxylic acid groups (broad SMARTS) is 1. The van der Waals surface area contributed by atoms with Crippen LogP contribution < -0.4 is 0 Å². The number of nitrogens with zero attached hydrogens (tertiary/aromatic N) is 2.